The molecule has 0 spiro atoms. The highest BCUT2D eigenvalue weighted by Gasteiger charge is 2.32. The molecule has 3 heterocycles. The molecule has 1 aromatic heterocycles. The molecule has 1 N–H and O–H groups in total. The molecule has 2 saturated heterocycles. The number of rotatable bonds is 9. The van der Waals surface area contributed by atoms with Crippen molar-refractivity contribution in [2.75, 3.05) is 45.5 Å². The highest BCUT2D eigenvalue weighted by Crippen LogP contribution is 2.31. The van der Waals surface area contributed by atoms with Gasteiger partial charge in [-0.3, -0.25) is 19.4 Å². The first kappa shape index (κ1) is 35.7. The first-order valence-corrected chi connectivity index (χ1v) is 18.4. The van der Waals surface area contributed by atoms with Crippen molar-refractivity contribution >= 4 is 44.2 Å². The number of amides is 2. The van der Waals surface area contributed by atoms with E-state index in [1.54, 1.807) is 47.4 Å². The summed E-state index contributed by atoms with van der Waals surface area (Å²) in [5.41, 5.74) is 2.76. The molecule has 0 unspecified atom stereocenters. The molecule has 50 heavy (non-hydrogen) atoms. The highest BCUT2D eigenvalue weighted by atomic mass is 35.5. The van der Waals surface area contributed by atoms with Crippen molar-refractivity contribution in [1.82, 2.24) is 20.0 Å². The molecule has 4 aromatic rings. The van der Waals surface area contributed by atoms with Crippen molar-refractivity contribution < 1.29 is 40.3 Å². The Balaban J connectivity index is 0.975. The van der Waals surface area contributed by atoms with Gasteiger partial charge < -0.3 is 19.4 Å². The van der Waals surface area contributed by atoms with Crippen LogP contribution in [0.25, 0.3) is 11.0 Å². The van der Waals surface area contributed by atoms with Gasteiger partial charge in [-0.25, -0.2) is 8.42 Å². The van der Waals surface area contributed by atoms with E-state index in [1.807, 2.05) is 12.1 Å². The number of furan rings is 1. The third-order valence-corrected chi connectivity index (χ3v) is 10.4. The van der Waals surface area contributed by atoms with Crippen molar-refractivity contribution in [2.45, 2.75) is 43.2 Å². The number of nitrogens with zero attached hydrogens (tertiary/aromatic N) is 3. The molecule has 2 fully saturated rings. The van der Waals surface area contributed by atoms with E-state index < -0.39 is 21.9 Å². The molecule has 0 bridgehead atoms. The van der Waals surface area contributed by atoms with E-state index in [9.17, 15) is 31.2 Å². The average molecular weight is 733 g/mol. The summed E-state index contributed by atoms with van der Waals surface area (Å²) in [5.74, 6) is -0.735. The van der Waals surface area contributed by atoms with E-state index in [1.165, 1.54) is 18.4 Å². The van der Waals surface area contributed by atoms with Crippen LogP contribution in [0.4, 0.5) is 13.2 Å². The lowest BCUT2D eigenvalue weighted by atomic mass is 10.0. The van der Waals surface area contributed by atoms with Crippen LogP contribution < -0.4 is 10.1 Å². The SMILES string of the molecule is CS(=O)(=O)c1ccc(CN2CCN(C(=O)c3ccc4oc(C(=O)NC5CCN(Cc6ccc(OC(F)(F)F)c(Cl)c6)CC5)cc4c3)CC2)cc1. The first-order valence-electron chi connectivity index (χ1n) is 16.1. The molecule has 266 valence electrons. The summed E-state index contributed by atoms with van der Waals surface area (Å²) >= 11 is 5.99. The Morgan fingerprint density at radius 3 is 2.16 bits per heavy atom. The summed E-state index contributed by atoms with van der Waals surface area (Å²) in [6, 6.07) is 17.8. The van der Waals surface area contributed by atoms with Crippen LogP contribution in [-0.2, 0) is 22.9 Å². The minimum Gasteiger partial charge on any atom is -0.451 e. The summed E-state index contributed by atoms with van der Waals surface area (Å²) in [5, 5.41) is 3.57. The van der Waals surface area contributed by atoms with Crippen molar-refractivity contribution in [2.24, 2.45) is 0 Å². The third kappa shape index (κ3) is 8.97. The summed E-state index contributed by atoms with van der Waals surface area (Å²) in [6.45, 7) is 4.95. The second-order valence-corrected chi connectivity index (χ2v) is 15.1. The number of likely N-dealkylation sites (tertiary alicyclic amines) is 1. The fourth-order valence-corrected chi connectivity index (χ4v) is 7.15. The molecule has 15 heteroatoms. The standard InChI is InChI=1S/C35H36ClF3N4O6S/c1-50(46,47)28-6-2-23(3-7-28)21-42-14-16-43(17-15-42)34(45)25-5-9-30-26(19-25)20-32(48-30)33(44)40-27-10-12-41(13-11-27)22-24-4-8-31(29(36)18-24)49-35(37,38)39/h2-9,18-20,27H,10-17,21-22H2,1H3,(H,40,44). The lowest BCUT2D eigenvalue weighted by molar-refractivity contribution is -0.274. The van der Waals surface area contributed by atoms with Crippen molar-refractivity contribution in [1.29, 1.82) is 0 Å². The largest absolute Gasteiger partial charge is 0.573 e. The smallest absolute Gasteiger partial charge is 0.451 e. The molecular formula is C35H36ClF3N4O6S. The third-order valence-electron chi connectivity index (χ3n) is 8.96. The number of benzene rings is 3. The van der Waals surface area contributed by atoms with E-state index >= 15 is 0 Å². The van der Waals surface area contributed by atoms with E-state index in [0.717, 1.165) is 11.1 Å². The Bertz CT molecular complexity index is 1970. The first-order chi connectivity index (χ1) is 23.7. The maximum absolute atomic E-state index is 13.4. The molecule has 0 radical (unpaired) electrons. The Kier molecular flexibility index (Phi) is 10.4. The molecule has 2 aliphatic heterocycles. The molecule has 0 atom stereocenters. The number of carbonyl (C=O) groups is 2. The molecule has 2 aliphatic rings. The number of sulfone groups is 1. The minimum absolute atomic E-state index is 0.0826. The number of alkyl halides is 3. The summed E-state index contributed by atoms with van der Waals surface area (Å²) in [7, 11) is -3.24. The van der Waals surface area contributed by atoms with Crippen LogP contribution in [0.2, 0.25) is 5.02 Å². The number of ether oxygens (including phenoxy) is 1. The topological polar surface area (TPSA) is 112 Å². The Morgan fingerprint density at radius 1 is 0.880 bits per heavy atom. The molecule has 0 saturated carbocycles. The van der Waals surface area contributed by atoms with Crippen molar-refractivity contribution in [3.05, 3.63) is 94.2 Å². The van der Waals surface area contributed by atoms with Crippen LogP contribution in [0.3, 0.4) is 0 Å². The van der Waals surface area contributed by atoms with Gasteiger partial charge in [0.05, 0.1) is 9.92 Å². The zero-order valence-corrected chi connectivity index (χ0v) is 28.8. The van der Waals surface area contributed by atoms with Gasteiger partial charge >= 0.3 is 6.36 Å². The van der Waals surface area contributed by atoms with E-state index in [2.05, 4.69) is 19.9 Å². The number of hydrogen-bond donors (Lipinski definition) is 1. The van der Waals surface area contributed by atoms with Gasteiger partial charge in [-0.15, -0.1) is 13.2 Å². The van der Waals surface area contributed by atoms with Gasteiger partial charge in [0.15, 0.2) is 15.6 Å². The van der Waals surface area contributed by atoms with Crippen LogP contribution in [0.5, 0.6) is 5.75 Å². The number of halogens is 4. The van der Waals surface area contributed by atoms with Gasteiger partial charge in [0.25, 0.3) is 11.8 Å². The van der Waals surface area contributed by atoms with Crippen LogP contribution in [0.1, 0.15) is 44.9 Å². The predicted molar refractivity (Wildman–Crippen MR) is 181 cm³/mol. The predicted octanol–water partition coefficient (Wildman–Crippen LogP) is 5.74. The number of piperidine rings is 1. The summed E-state index contributed by atoms with van der Waals surface area (Å²) in [4.78, 5) is 32.9. The maximum Gasteiger partial charge on any atom is 0.573 e. The highest BCUT2D eigenvalue weighted by molar-refractivity contribution is 7.90. The van der Waals surface area contributed by atoms with E-state index in [0.29, 0.717) is 81.7 Å². The van der Waals surface area contributed by atoms with Gasteiger partial charge in [0, 0.05) is 75.6 Å². The number of nitrogens with one attached hydrogen (secondary N) is 1. The molecule has 3 aromatic carbocycles. The second kappa shape index (κ2) is 14.6. The van der Waals surface area contributed by atoms with Gasteiger partial charge in [-0.05, 0) is 72.5 Å². The maximum atomic E-state index is 13.4. The Hall–Kier alpha value is -4.11. The molecule has 10 nitrogen and oxygen atoms in total. The molecule has 0 aliphatic carbocycles. The number of hydrogen-bond acceptors (Lipinski definition) is 8. The van der Waals surface area contributed by atoms with Gasteiger partial charge in [0.2, 0.25) is 0 Å². The fourth-order valence-electron chi connectivity index (χ4n) is 6.28. The second-order valence-electron chi connectivity index (χ2n) is 12.7. The van der Waals surface area contributed by atoms with Crippen molar-refractivity contribution in [3.8, 4) is 5.75 Å². The van der Waals surface area contributed by atoms with Crippen LogP contribution in [0.15, 0.2) is 76.0 Å². The fraction of sp³-hybridized carbons (Fsp3) is 0.371. The number of carbonyl (C=O) groups excluding carboxylic acids is 2. The quantitative estimate of drug-likeness (QED) is 0.232. The monoisotopic (exact) mass is 732 g/mol. The number of piperazine rings is 1. The zero-order valence-electron chi connectivity index (χ0n) is 27.2. The van der Waals surface area contributed by atoms with Crippen molar-refractivity contribution in [3.63, 3.8) is 0 Å². The Morgan fingerprint density at radius 2 is 1.52 bits per heavy atom. The molecular weight excluding hydrogens is 697 g/mol. The Labute approximate surface area is 292 Å². The van der Waals surface area contributed by atoms with Gasteiger partial charge in [0.1, 0.15) is 11.3 Å². The summed E-state index contributed by atoms with van der Waals surface area (Å²) in [6.07, 6.45) is -2.28. The van der Waals surface area contributed by atoms with E-state index in [4.69, 9.17) is 16.0 Å². The lowest BCUT2D eigenvalue weighted by Crippen LogP contribution is -2.48. The normalized spacial score (nSPS) is 16.9. The molecule has 2 amide bonds. The molecule has 6 rings (SSSR count). The average Bonchev–Trinajstić information content (AvgIpc) is 3.50. The van der Waals surface area contributed by atoms with Gasteiger partial charge in [-0.2, -0.15) is 0 Å². The van der Waals surface area contributed by atoms with Crippen LogP contribution in [0, 0.1) is 0 Å². The minimum atomic E-state index is -4.82. The van der Waals surface area contributed by atoms with Crippen LogP contribution in [-0.4, -0.2) is 92.9 Å². The van der Waals surface area contributed by atoms with Crippen LogP contribution >= 0.6 is 11.6 Å². The van der Waals surface area contributed by atoms with Gasteiger partial charge in [-0.1, -0.05) is 29.8 Å². The zero-order chi connectivity index (χ0) is 35.6. The van der Waals surface area contributed by atoms with E-state index in [-0.39, 0.29) is 33.5 Å². The number of fused-ring (bicyclic) bond motifs is 1. The summed E-state index contributed by atoms with van der Waals surface area (Å²) < 4.78 is 70.8. The lowest BCUT2D eigenvalue weighted by Gasteiger charge is -2.34.